The van der Waals surface area contributed by atoms with Gasteiger partial charge in [-0.3, -0.25) is 9.59 Å². The average molecular weight is 257 g/mol. The molecule has 0 radical (unpaired) electrons. The highest BCUT2D eigenvalue weighted by molar-refractivity contribution is 5.80. The fourth-order valence-corrected chi connectivity index (χ4v) is 2.37. The third-order valence-electron chi connectivity index (χ3n) is 3.84. The molecule has 18 heavy (non-hydrogen) atoms. The lowest BCUT2D eigenvalue weighted by Gasteiger charge is -2.18. The van der Waals surface area contributed by atoms with Crippen LogP contribution in [0.4, 0.5) is 0 Å². The first-order valence-electron chi connectivity index (χ1n) is 6.50. The first-order valence-corrected chi connectivity index (χ1v) is 6.50. The van der Waals surface area contributed by atoms with E-state index in [2.05, 4.69) is 5.32 Å². The second kappa shape index (κ2) is 6.18. The first-order chi connectivity index (χ1) is 8.34. The molecule has 1 fully saturated rings. The lowest BCUT2D eigenvalue weighted by Crippen LogP contribution is -2.38. The van der Waals surface area contributed by atoms with Crippen LogP contribution in [0.3, 0.4) is 0 Å². The summed E-state index contributed by atoms with van der Waals surface area (Å²) in [4.78, 5) is 22.7. The van der Waals surface area contributed by atoms with Crippen molar-refractivity contribution in [1.29, 1.82) is 0 Å². The Labute approximate surface area is 108 Å². The van der Waals surface area contributed by atoms with E-state index in [1.807, 2.05) is 20.8 Å². The quantitative estimate of drug-likeness (QED) is 0.777. The van der Waals surface area contributed by atoms with E-state index in [0.717, 1.165) is 0 Å². The van der Waals surface area contributed by atoms with E-state index in [0.29, 0.717) is 13.0 Å². The Kier molecular flexibility index (Phi) is 5.14. The van der Waals surface area contributed by atoms with E-state index in [1.165, 1.54) is 0 Å². The molecule has 5 nitrogen and oxygen atoms in total. The maximum Gasteiger partial charge on any atom is 0.306 e. The number of amides is 1. The van der Waals surface area contributed by atoms with Crippen LogP contribution in [-0.2, 0) is 14.3 Å². The number of carbonyl (C=O) groups excluding carboxylic acids is 1. The van der Waals surface area contributed by atoms with Gasteiger partial charge in [-0.05, 0) is 26.2 Å². The summed E-state index contributed by atoms with van der Waals surface area (Å²) in [6.45, 7) is 7.93. The normalized spacial score (nSPS) is 33.1. The minimum absolute atomic E-state index is 0.0306. The predicted octanol–water partition coefficient (Wildman–Crippen LogP) is 1.27. The van der Waals surface area contributed by atoms with E-state index in [-0.39, 0.29) is 30.0 Å². The Hall–Kier alpha value is -1.10. The van der Waals surface area contributed by atoms with Gasteiger partial charge < -0.3 is 15.2 Å². The van der Waals surface area contributed by atoms with Crippen LogP contribution in [0.1, 0.15) is 34.1 Å². The van der Waals surface area contributed by atoms with Crippen molar-refractivity contribution in [2.24, 2.45) is 17.8 Å². The van der Waals surface area contributed by atoms with E-state index in [4.69, 9.17) is 9.84 Å². The Balaban J connectivity index is 2.39. The van der Waals surface area contributed by atoms with E-state index < -0.39 is 11.9 Å². The van der Waals surface area contributed by atoms with Crippen molar-refractivity contribution in [2.75, 3.05) is 6.54 Å². The lowest BCUT2D eigenvalue weighted by molar-refractivity contribution is -0.141. The molecule has 104 valence electrons. The Morgan fingerprint density at radius 3 is 2.33 bits per heavy atom. The van der Waals surface area contributed by atoms with Crippen LogP contribution < -0.4 is 5.32 Å². The van der Waals surface area contributed by atoms with E-state index in [1.54, 1.807) is 6.92 Å². The van der Waals surface area contributed by atoms with Gasteiger partial charge in [-0.1, -0.05) is 13.8 Å². The number of ether oxygens (including phenoxy) is 1. The number of carbonyl (C=O) groups is 2. The molecule has 1 rings (SSSR count). The fraction of sp³-hybridized carbons (Fsp3) is 0.846. The molecule has 1 saturated heterocycles. The molecule has 1 aliphatic heterocycles. The molecule has 0 aliphatic carbocycles. The maximum atomic E-state index is 12.0. The highest BCUT2D eigenvalue weighted by atomic mass is 16.5. The lowest BCUT2D eigenvalue weighted by atomic mass is 9.89. The Morgan fingerprint density at radius 1 is 1.28 bits per heavy atom. The molecule has 0 saturated carbocycles. The van der Waals surface area contributed by atoms with E-state index in [9.17, 15) is 9.59 Å². The molecule has 1 amide bonds. The van der Waals surface area contributed by atoms with Crippen LogP contribution in [0.2, 0.25) is 0 Å². The van der Waals surface area contributed by atoms with Gasteiger partial charge in [-0.15, -0.1) is 0 Å². The molecule has 5 atom stereocenters. The second-order valence-corrected chi connectivity index (χ2v) is 5.25. The van der Waals surface area contributed by atoms with Crippen LogP contribution in [0.25, 0.3) is 0 Å². The van der Waals surface area contributed by atoms with Crippen molar-refractivity contribution in [3.8, 4) is 0 Å². The molecule has 5 heteroatoms. The number of carboxylic acid groups (broad SMARTS) is 1. The van der Waals surface area contributed by atoms with Gasteiger partial charge in [0.1, 0.15) is 0 Å². The molecule has 2 N–H and O–H groups in total. The summed E-state index contributed by atoms with van der Waals surface area (Å²) < 4.78 is 5.62. The second-order valence-electron chi connectivity index (χ2n) is 5.25. The summed E-state index contributed by atoms with van der Waals surface area (Å²) >= 11 is 0. The number of hydrogen-bond donors (Lipinski definition) is 2. The van der Waals surface area contributed by atoms with Gasteiger partial charge in [0.25, 0.3) is 0 Å². The van der Waals surface area contributed by atoms with Crippen LogP contribution in [0, 0.1) is 17.8 Å². The SMILES string of the molecule is CC(CCNC(=O)C1C(C)OC(C)C1C)C(=O)O. The molecule has 0 aromatic carbocycles. The third kappa shape index (κ3) is 3.45. The molecule has 5 unspecified atom stereocenters. The zero-order chi connectivity index (χ0) is 13.9. The largest absolute Gasteiger partial charge is 0.481 e. The van der Waals surface area contributed by atoms with Crippen molar-refractivity contribution in [3.05, 3.63) is 0 Å². The number of aliphatic carboxylic acids is 1. The van der Waals surface area contributed by atoms with Crippen molar-refractivity contribution in [2.45, 2.75) is 46.3 Å². The highest BCUT2D eigenvalue weighted by Crippen LogP contribution is 2.32. The average Bonchev–Trinajstić information content (AvgIpc) is 2.52. The molecule has 1 aliphatic rings. The molecule has 0 aromatic rings. The molecule has 0 spiro atoms. The summed E-state index contributed by atoms with van der Waals surface area (Å²) in [6.07, 6.45) is 0.466. The van der Waals surface area contributed by atoms with Gasteiger partial charge in [0, 0.05) is 6.54 Å². The van der Waals surface area contributed by atoms with E-state index >= 15 is 0 Å². The monoisotopic (exact) mass is 257 g/mol. The van der Waals surface area contributed by atoms with Crippen LogP contribution in [-0.4, -0.2) is 35.7 Å². The van der Waals surface area contributed by atoms with Gasteiger partial charge in [-0.2, -0.15) is 0 Å². The summed E-state index contributed by atoms with van der Waals surface area (Å²) in [5, 5.41) is 11.6. The number of nitrogens with one attached hydrogen (secondary N) is 1. The zero-order valence-corrected chi connectivity index (χ0v) is 11.5. The third-order valence-corrected chi connectivity index (χ3v) is 3.84. The molecular weight excluding hydrogens is 234 g/mol. The molecular formula is C13H23NO4. The van der Waals surface area contributed by atoms with Gasteiger partial charge in [0.05, 0.1) is 24.0 Å². The fourth-order valence-electron chi connectivity index (χ4n) is 2.37. The standard InChI is InChI=1S/C13H23NO4/c1-7(13(16)17)5-6-14-12(15)11-8(2)9(3)18-10(11)4/h7-11H,5-6H2,1-4H3,(H,14,15)(H,16,17). The summed E-state index contributed by atoms with van der Waals surface area (Å²) in [5.74, 6) is -1.24. The minimum atomic E-state index is -0.830. The molecule has 0 bridgehead atoms. The number of hydrogen-bond acceptors (Lipinski definition) is 3. The van der Waals surface area contributed by atoms with Crippen molar-refractivity contribution >= 4 is 11.9 Å². The van der Waals surface area contributed by atoms with Gasteiger partial charge in [0.2, 0.25) is 5.91 Å². The zero-order valence-electron chi connectivity index (χ0n) is 11.5. The molecule has 1 heterocycles. The Bertz CT molecular complexity index is 318. The predicted molar refractivity (Wildman–Crippen MR) is 67.1 cm³/mol. The summed E-state index contributed by atoms with van der Waals surface area (Å²) in [6, 6.07) is 0. The van der Waals surface area contributed by atoms with Crippen molar-refractivity contribution < 1.29 is 19.4 Å². The van der Waals surface area contributed by atoms with Crippen LogP contribution >= 0.6 is 0 Å². The minimum Gasteiger partial charge on any atom is -0.481 e. The summed E-state index contributed by atoms with van der Waals surface area (Å²) in [5.41, 5.74) is 0. The van der Waals surface area contributed by atoms with Gasteiger partial charge >= 0.3 is 5.97 Å². The van der Waals surface area contributed by atoms with Crippen LogP contribution in [0.15, 0.2) is 0 Å². The first kappa shape index (κ1) is 15.0. The number of rotatable bonds is 5. The van der Waals surface area contributed by atoms with Crippen LogP contribution in [0.5, 0.6) is 0 Å². The van der Waals surface area contributed by atoms with Crippen molar-refractivity contribution in [1.82, 2.24) is 5.32 Å². The number of carboxylic acids is 1. The van der Waals surface area contributed by atoms with Gasteiger partial charge in [-0.25, -0.2) is 0 Å². The highest BCUT2D eigenvalue weighted by Gasteiger charge is 2.41. The van der Waals surface area contributed by atoms with Crippen molar-refractivity contribution in [3.63, 3.8) is 0 Å². The smallest absolute Gasteiger partial charge is 0.306 e. The topological polar surface area (TPSA) is 75.6 Å². The maximum absolute atomic E-state index is 12.0. The van der Waals surface area contributed by atoms with Gasteiger partial charge in [0.15, 0.2) is 0 Å². The molecule has 0 aromatic heterocycles. The Morgan fingerprint density at radius 2 is 1.89 bits per heavy atom. The summed E-state index contributed by atoms with van der Waals surface area (Å²) in [7, 11) is 0.